The van der Waals surface area contributed by atoms with Crippen LogP contribution in [-0.4, -0.2) is 41.6 Å². The van der Waals surface area contributed by atoms with E-state index < -0.39 is 6.04 Å². The zero-order valence-electron chi connectivity index (χ0n) is 19.6. The molecular weight excluding hydrogens is 460 g/mol. The van der Waals surface area contributed by atoms with Crippen LogP contribution in [0.25, 0.3) is 10.2 Å². The summed E-state index contributed by atoms with van der Waals surface area (Å²) in [7, 11) is 5.37. The highest BCUT2D eigenvalue weighted by molar-refractivity contribution is 7.18. The van der Waals surface area contributed by atoms with Gasteiger partial charge in [-0.1, -0.05) is 18.5 Å². The zero-order valence-corrected chi connectivity index (χ0v) is 21.1. The van der Waals surface area contributed by atoms with Crippen molar-refractivity contribution >= 4 is 44.7 Å². The van der Waals surface area contributed by atoms with E-state index in [-0.39, 0.29) is 11.5 Å². The molecule has 0 spiro atoms. The van der Waals surface area contributed by atoms with Gasteiger partial charge in [0, 0.05) is 9.90 Å². The Morgan fingerprint density at radius 2 is 2.18 bits per heavy atom. The molecule has 9 heteroatoms. The highest BCUT2D eigenvalue weighted by Gasteiger charge is 2.28. The van der Waals surface area contributed by atoms with Crippen LogP contribution < -0.4 is 15.6 Å². The number of carbonyl (C=O) groups is 1. The number of anilines is 1. The van der Waals surface area contributed by atoms with Gasteiger partial charge in [0.15, 0.2) is 0 Å². The molecule has 0 fully saturated rings. The Bertz CT molecular complexity index is 1270. The van der Waals surface area contributed by atoms with Crippen molar-refractivity contribution in [3.8, 4) is 5.75 Å². The van der Waals surface area contributed by atoms with Gasteiger partial charge in [0.25, 0.3) is 5.56 Å². The molecule has 0 saturated heterocycles. The minimum absolute atomic E-state index is 0.149. The van der Waals surface area contributed by atoms with Gasteiger partial charge in [0.05, 0.1) is 24.7 Å². The predicted molar refractivity (Wildman–Crippen MR) is 134 cm³/mol. The van der Waals surface area contributed by atoms with Crippen LogP contribution in [0.3, 0.4) is 0 Å². The summed E-state index contributed by atoms with van der Waals surface area (Å²) in [6, 6.07) is 4.24. The molecule has 33 heavy (non-hydrogen) atoms. The van der Waals surface area contributed by atoms with Crippen molar-refractivity contribution < 1.29 is 9.53 Å². The first-order valence-electron chi connectivity index (χ1n) is 11.0. The molecule has 0 bridgehead atoms. The fourth-order valence-corrected chi connectivity index (χ4v) is 5.93. The summed E-state index contributed by atoms with van der Waals surface area (Å²) in [5, 5.41) is 4.02. The molecule has 1 aliphatic carbocycles. The van der Waals surface area contributed by atoms with Gasteiger partial charge in [-0.05, 0) is 70.0 Å². The van der Waals surface area contributed by atoms with Gasteiger partial charge in [0.2, 0.25) is 5.91 Å². The van der Waals surface area contributed by atoms with E-state index in [1.54, 1.807) is 41.0 Å². The van der Waals surface area contributed by atoms with Crippen LogP contribution >= 0.6 is 22.9 Å². The number of amides is 1. The highest BCUT2D eigenvalue weighted by Crippen LogP contribution is 2.36. The highest BCUT2D eigenvalue weighted by atomic mass is 35.5. The molecule has 4 rings (SSSR count). The largest absolute Gasteiger partial charge is 0.495 e. The maximum Gasteiger partial charge on any atom is 0.263 e. The number of benzene rings is 1. The predicted octanol–water partition coefficient (Wildman–Crippen LogP) is 4.51. The quantitative estimate of drug-likeness (QED) is 0.552. The molecule has 2 heterocycles. The minimum Gasteiger partial charge on any atom is -0.495 e. The van der Waals surface area contributed by atoms with E-state index in [0.29, 0.717) is 40.1 Å². The van der Waals surface area contributed by atoms with Crippen molar-refractivity contribution in [3.63, 3.8) is 0 Å². The van der Waals surface area contributed by atoms with E-state index in [0.717, 1.165) is 29.7 Å². The molecule has 0 saturated carbocycles. The van der Waals surface area contributed by atoms with Gasteiger partial charge in [0.1, 0.15) is 22.4 Å². The number of halogens is 1. The van der Waals surface area contributed by atoms with E-state index in [1.807, 2.05) is 19.0 Å². The molecule has 2 aromatic heterocycles. The van der Waals surface area contributed by atoms with E-state index in [4.69, 9.17) is 21.3 Å². The molecule has 3 aromatic rings. The van der Waals surface area contributed by atoms with Crippen molar-refractivity contribution in [3.05, 3.63) is 49.8 Å². The van der Waals surface area contributed by atoms with Gasteiger partial charge in [-0.2, -0.15) is 0 Å². The van der Waals surface area contributed by atoms with Crippen LogP contribution in [0.4, 0.5) is 5.69 Å². The Balaban J connectivity index is 1.79. The third-order valence-electron chi connectivity index (χ3n) is 6.08. The number of methoxy groups -OCH3 is 1. The number of ether oxygens (including phenoxy) is 1. The summed E-state index contributed by atoms with van der Waals surface area (Å²) in [5.74, 6) is 1.34. The number of thiophene rings is 1. The fraction of sp³-hybridized carbons (Fsp3) is 0.458. The van der Waals surface area contributed by atoms with Crippen molar-refractivity contribution in [2.45, 2.75) is 45.7 Å². The molecule has 7 nitrogen and oxygen atoms in total. The van der Waals surface area contributed by atoms with Crippen molar-refractivity contribution in [2.75, 3.05) is 26.5 Å². The summed E-state index contributed by atoms with van der Waals surface area (Å²) < 4.78 is 6.89. The lowest BCUT2D eigenvalue weighted by Crippen LogP contribution is -2.36. The van der Waals surface area contributed by atoms with E-state index >= 15 is 0 Å². The van der Waals surface area contributed by atoms with Gasteiger partial charge in [-0.15, -0.1) is 11.3 Å². The summed E-state index contributed by atoms with van der Waals surface area (Å²) >= 11 is 7.74. The van der Waals surface area contributed by atoms with Crippen LogP contribution in [0.15, 0.2) is 23.0 Å². The smallest absolute Gasteiger partial charge is 0.263 e. The van der Waals surface area contributed by atoms with Gasteiger partial charge < -0.3 is 15.0 Å². The molecular formula is C24H29ClN4O3S. The normalized spacial score (nSPS) is 16.6. The second-order valence-electron chi connectivity index (χ2n) is 8.98. The SMILES string of the molecule is COc1ccc(Cl)cc1NC(=O)C(C)n1c(CN(C)C)nc2sc3c(c2c1=O)CCC(C)C3. The number of nitrogens with zero attached hydrogens (tertiary/aromatic N) is 3. The Labute approximate surface area is 202 Å². The Kier molecular flexibility index (Phi) is 6.79. The molecule has 176 valence electrons. The molecule has 0 radical (unpaired) electrons. The molecule has 1 amide bonds. The lowest BCUT2D eigenvalue weighted by Gasteiger charge is -2.22. The van der Waals surface area contributed by atoms with E-state index in [1.165, 1.54) is 12.0 Å². The number of hydrogen-bond acceptors (Lipinski definition) is 6. The number of nitrogens with one attached hydrogen (secondary N) is 1. The van der Waals surface area contributed by atoms with Crippen molar-refractivity contribution in [2.24, 2.45) is 5.92 Å². The maximum absolute atomic E-state index is 13.8. The van der Waals surface area contributed by atoms with Crippen LogP contribution in [0.2, 0.25) is 5.02 Å². The molecule has 1 aliphatic rings. The lowest BCUT2D eigenvalue weighted by molar-refractivity contribution is -0.119. The van der Waals surface area contributed by atoms with E-state index in [2.05, 4.69) is 12.2 Å². The van der Waals surface area contributed by atoms with Gasteiger partial charge >= 0.3 is 0 Å². The number of aromatic nitrogens is 2. The third-order valence-corrected chi connectivity index (χ3v) is 7.46. The zero-order chi connectivity index (χ0) is 23.9. The molecule has 1 N–H and O–H groups in total. The topological polar surface area (TPSA) is 76.5 Å². The average molecular weight is 489 g/mol. The van der Waals surface area contributed by atoms with Crippen LogP contribution in [0.5, 0.6) is 5.75 Å². The summed E-state index contributed by atoms with van der Waals surface area (Å²) in [6.07, 6.45) is 2.91. The molecule has 1 aromatic carbocycles. The van der Waals surface area contributed by atoms with Crippen molar-refractivity contribution in [1.82, 2.24) is 14.5 Å². The summed E-state index contributed by atoms with van der Waals surface area (Å²) in [5.41, 5.74) is 1.42. The number of fused-ring (bicyclic) bond motifs is 3. The third kappa shape index (κ3) is 4.65. The fourth-order valence-electron chi connectivity index (χ4n) is 4.37. The first-order chi connectivity index (χ1) is 15.7. The van der Waals surface area contributed by atoms with Crippen LogP contribution in [-0.2, 0) is 24.2 Å². The van der Waals surface area contributed by atoms with Gasteiger partial charge in [-0.3, -0.25) is 14.2 Å². The Hall–Kier alpha value is -2.42. The number of hydrogen-bond donors (Lipinski definition) is 1. The number of aryl methyl sites for hydroxylation is 1. The molecule has 2 atom stereocenters. The monoisotopic (exact) mass is 488 g/mol. The average Bonchev–Trinajstić information content (AvgIpc) is 3.10. The van der Waals surface area contributed by atoms with Crippen LogP contribution in [0, 0.1) is 5.92 Å². The molecule has 0 aliphatic heterocycles. The number of carbonyl (C=O) groups excluding carboxylic acids is 1. The Morgan fingerprint density at radius 3 is 2.88 bits per heavy atom. The summed E-state index contributed by atoms with van der Waals surface area (Å²) in [6.45, 7) is 4.41. The first kappa shape index (κ1) is 23.7. The summed E-state index contributed by atoms with van der Waals surface area (Å²) in [4.78, 5) is 35.9. The first-order valence-corrected chi connectivity index (χ1v) is 12.2. The lowest BCUT2D eigenvalue weighted by atomic mass is 9.89. The van der Waals surface area contributed by atoms with Crippen LogP contribution in [0.1, 0.15) is 42.6 Å². The molecule has 2 unspecified atom stereocenters. The maximum atomic E-state index is 13.8. The van der Waals surface area contributed by atoms with Gasteiger partial charge in [-0.25, -0.2) is 4.98 Å². The second-order valence-corrected chi connectivity index (χ2v) is 10.5. The number of rotatable bonds is 6. The minimum atomic E-state index is -0.772. The second kappa shape index (κ2) is 9.44. The standard InChI is InChI=1S/C24H29ClN4O3S/c1-13-6-8-16-19(10-13)33-23-21(16)24(31)29(20(27-23)12-28(3)4)14(2)22(30)26-17-11-15(25)7-9-18(17)32-5/h7,9,11,13-14H,6,8,10,12H2,1-5H3,(H,26,30). The Morgan fingerprint density at radius 1 is 1.42 bits per heavy atom. The van der Waals surface area contributed by atoms with Crippen molar-refractivity contribution in [1.29, 1.82) is 0 Å². The van der Waals surface area contributed by atoms with E-state index in [9.17, 15) is 9.59 Å².